The number of carbonyl (C=O) groups is 2. The second-order valence-electron chi connectivity index (χ2n) is 7.08. The molecular formula is C21H22N2O6S. The van der Waals surface area contributed by atoms with Crippen LogP contribution >= 0.6 is 11.3 Å². The minimum absolute atomic E-state index is 0.0129. The minimum atomic E-state index is -0.769. The molecule has 0 aliphatic carbocycles. The Bertz CT molecular complexity index is 966. The van der Waals surface area contributed by atoms with Crippen molar-refractivity contribution in [2.75, 3.05) is 13.2 Å². The maximum atomic E-state index is 12.8. The molecule has 0 saturated carbocycles. The van der Waals surface area contributed by atoms with Gasteiger partial charge in [-0.25, -0.2) is 0 Å². The number of aliphatic hydroxyl groups is 1. The van der Waals surface area contributed by atoms with Crippen LogP contribution < -0.4 is 0 Å². The SMILES string of the molecule is CC(C)OCCCN1C(=O)C(=O)C(=C(O)c2ccc([N+](=O)[O-])cc2)[C@H]1c1cccs1. The summed E-state index contributed by atoms with van der Waals surface area (Å²) in [6, 6.07) is 8.13. The molecule has 1 aliphatic heterocycles. The van der Waals surface area contributed by atoms with Crippen LogP contribution in [0.3, 0.4) is 0 Å². The molecule has 1 atom stereocenters. The summed E-state index contributed by atoms with van der Waals surface area (Å²) in [7, 11) is 0. The van der Waals surface area contributed by atoms with E-state index in [0.717, 1.165) is 4.88 Å². The molecule has 2 heterocycles. The van der Waals surface area contributed by atoms with E-state index < -0.39 is 22.7 Å². The van der Waals surface area contributed by atoms with Gasteiger partial charge in [0.15, 0.2) is 0 Å². The fraction of sp³-hybridized carbons (Fsp3) is 0.333. The summed E-state index contributed by atoms with van der Waals surface area (Å²) in [6.07, 6.45) is 0.612. The number of rotatable bonds is 8. The van der Waals surface area contributed by atoms with Gasteiger partial charge in [0.05, 0.1) is 22.6 Å². The van der Waals surface area contributed by atoms with Crippen LogP contribution in [-0.2, 0) is 14.3 Å². The second kappa shape index (κ2) is 9.19. The van der Waals surface area contributed by atoms with Crippen LogP contribution in [0.25, 0.3) is 5.76 Å². The maximum Gasteiger partial charge on any atom is 0.295 e. The van der Waals surface area contributed by atoms with E-state index in [1.54, 1.807) is 0 Å². The van der Waals surface area contributed by atoms with Gasteiger partial charge in [0.25, 0.3) is 17.4 Å². The molecule has 1 aromatic heterocycles. The van der Waals surface area contributed by atoms with Gasteiger partial charge in [-0.05, 0) is 43.8 Å². The van der Waals surface area contributed by atoms with Gasteiger partial charge in [0, 0.05) is 35.7 Å². The summed E-state index contributed by atoms with van der Waals surface area (Å²) in [5, 5.41) is 23.6. The minimum Gasteiger partial charge on any atom is -0.507 e. The number of ether oxygens (including phenoxy) is 1. The number of nitro groups is 1. The van der Waals surface area contributed by atoms with Crippen molar-refractivity contribution in [1.29, 1.82) is 0 Å². The first-order valence-electron chi connectivity index (χ1n) is 9.49. The zero-order valence-electron chi connectivity index (χ0n) is 16.6. The van der Waals surface area contributed by atoms with Crippen molar-refractivity contribution < 1.29 is 24.4 Å². The molecule has 158 valence electrons. The Hall–Kier alpha value is -3.04. The highest BCUT2D eigenvalue weighted by Gasteiger charge is 2.46. The van der Waals surface area contributed by atoms with Gasteiger partial charge in [-0.3, -0.25) is 19.7 Å². The highest BCUT2D eigenvalue weighted by atomic mass is 32.1. The second-order valence-corrected chi connectivity index (χ2v) is 8.06. The number of benzene rings is 1. The number of non-ortho nitro benzene ring substituents is 1. The first-order chi connectivity index (χ1) is 14.3. The van der Waals surface area contributed by atoms with Crippen LogP contribution in [0.15, 0.2) is 47.4 Å². The van der Waals surface area contributed by atoms with Gasteiger partial charge in [-0.2, -0.15) is 0 Å². The molecule has 1 aromatic carbocycles. The summed E-state index contributed by atoms with van der Waals surface area (Å²) in [4.78, 5) is 38.1. The third kappa shape index (κ3) is 4.42. The fourth-order valence-electron chi connectivity index (χ4n) is 3.30. The van der Waals surface area contributed by atoms with Gasteiger partial charge in [-0.1, -0.05) is 6.07 Å². The standard InChI is InChI=1S/C21H22N2O6S/c1-13(2)29-11-4-10-22-18(16-5-3-12-30-16)17(20(25)21(22)26)19(24)14-6-8-15(9-7-14)23(27)28/h3,5-9,12-13,18,24H,4,10-11H2,1-2H3/t18-/m1/s1. The highest BCUT2D eigenvalue weighted by molar-refractivity contribution is 7.10. The summed E-state index contributed by atoms with van der Waals surface area (Å²) in [5.74, 6) is -1.79. The Kier molecular flexibility index (Phi) is 6.63. The Balaban J connectivity index is 1.97. The highest BCUT2D eigenvalue weighted by Crippen LogP contribution is 2.41. The monoisotopic (exact) mass is 430 g/mol. The van der Waals surface area contributed by atoms with Crippen molar-refractivity contribution in [1.82, 2.24) is 4.90 Å². The van der Waals surface area contributed by atoms with E-state index in [9.17, 15) is 24.8 Å². The Morgan fingerprint density at radius 2 is 1.97 bits per heavy atom. The largest absolute Gasteiger partial charge is 0.507 e. The fourth-order valence-corrected chi connectivity index (χ4v) is 4.15. The maximum absolute atomic E-state index is 12.8. The number of carbonyl (C=O) groups excluding carboxylic acids is 2. The predicted molar refractivity (Wildman–Crippen MR) is 112 cm³/mol. The van der Waals surface area contributed by atoms with Crippen molar-refractivity contribution >= 4 is 34.5 Å². The van der Waals surface area contributed by atoms with E-state index in [-0.39, 0.29) is 28.7 Å². The molecule has 30 heavy (non-hydrogen) atoms. The molecule has 1 amide bonds. The molecule has 0 spiro atoms. The lowest BCUT2D eigenvalue weighted by Crippen LogP contribution is -2.31. The Morgan fingerprint density at radius 1 is 1.27 bits per heavy atom. The molecule has 0 radical (unpaired) electrons. The van der Waals surface area contributed by atoms with E-state index in [1.807, 2.05) is 31.4 Å². The van der Waals surface area contributed by atoms with Gasteiger partial charge >= 0.3 is 0 Å². The predicted octanol–water partition coefficient (Wildman–Crippen LogP) is 3.89. The molecule has 1 N–H and O–H groups in total. The lowest BCUT2D eigenvalue weighted by molar-refractivity contribution is -0.384. The van der Waals surface area contributed by atoms with Crippen LogP contribution in [0.2, 0.25) is 0 Å². The van der Waals surface area contributed by atoms with E-state index in [0.29, 0.717) is 19.6 Å². The van der Waals surface area contributed by atoms with Crippen LogP contribution in [0.1, 0.15) is 36.8 Å². The van der Waals surface area contributed by atoms with Gasteiger partial charge in [-0.15, -0.1) is 11.3 Å². The smallest absolute Gasteiger partial charge is 0.295 e. The van der Waals surface area contributed by atoms with Gasteiger partial charge < -0.3 is 14.7 Å². The topological polar surface area (TPSA) is 110 Å². The van der Waals surface area contributed by atoms with Crippen LogP contribution in [-0.4, -0.2) is 45.9 Å². The lowest BCUT2D eigenvalue weighted by atomic mass is 9.99. The van der Waals surface area contributed by atoms with Crippen molar-refractivity contribution in [2.24, 2.45) is 0 Å². The number of hydrogen-bond acceptors (Lipinski definition) is 7. The first-order valence-corrected chi connectivity index (χ1v) is 10.4. The van der Waals surface area contributed by atoms with Crippen LogP contribution in [0.4, 0.5) is 5.69 Å². The van der Waals surface area contributed by atoms with E-state index in [4.69, 9.17) is 4.74 Å². The first kappa shape index (κ1) is 21.7. The third-order valence-electron chi connectivity index (χ3n) is 4.70. The number of amides is 1. The summed E-state index contributed by atoms with van der Waals surface area (Å²) < 4.78 is 5.53. The van der Waals surface area contributed by atoms with Crippen molar-refractivity contribution in [3.05, 3.63) is 67.9 Å². The van der Waals surface area contributed by atoms with E-state index in [2.05, 4.69) is 0 Å². The molecule has 2 aromatic rings. The number of nitro benzene ring substituents is 1. The molecule has 1 fully saturated rings. The molecule has 3 rings (SSSR count). The summed E-state index contributed by atoms with van der Waals surface area (Å²) in [5.41, 5.74) is 0.0938. The molecule has 1 saturated heterocycles. The Morgan fingerprint density at radius 3 is 2.53 bits per heavy atom. The number of nitrogens with zero attached hydrogens (tertiary/aromatic N) is 2. The molecule has 0 bridgehead atoms. The van der Waals surface area contributed by atoms with Crippen molar-refractivity contribution in [2.45, 2.75) is 32.4 Å². The zero-order chi connectivity index (χ0) is 21.8. The average Bonchev–Trinajstić information content (AvgIpc) is 3.32. The van der Waals surface area contributed by atoms with Crippen molar-refractivity contribution in [3.8, 4) is 0 Å². The van der Waals surface area contributed by atoms with Crippen LogP contribution in [0, 0.1) is 10.1 Å². The molecule has 1 aliphatic rings. The Labute approximate surface area is 177 Å². The zero-order valence-corrected chi connectivity index (χ0v) is 17.4. The number of ketones is 1. The summed E-state index contributed by atoms with van der Waals surface area (Å²) >= 11 is 1.38. The molecule has 8 nitrogen and oxygen atoms in total. The van der Waals surface area contributed by atoms with E-state index in [1.165, 1.54) is 40.5 Å². The number of hydrogen-bond donors (Lipinski definition) is 1. The van der Waals surface area contributed by atoms with Gasteiger partial charge in [0.2, 0.25) is 0 Å². The lowest BCUT2D eigenvalue weighted by Gasteiger charge is -2.24. The normalized spacial score (nSPS) is 18.4. The number of likely N-dealkylation sites (tertiary alicyclic amines) is 1. The number of thiophene rings is 1. The quantitative estimate of drug-likeness (QED) is 0.170. The number of Topliss-reactive ketones (excluding diaryl/α,β-unsaturated/α-hetero) is 1. The van der Waals surface area contributed by atoms with Gasteiger partial charge in [0.1, 0.15) is 5.76 Å². The molecule has 9 heteroatoms. The average molecular weight is 430 g/mol. The third-order valence-corrected chi connectivity index (χ3v) is 5.62. The molecular weight excluding hydrogens is 408 g/mol. The van der Waals surface area contributed by atoms with Crippen LogP contribution in [0.5, 0.6) is 0 Å². The van der Waals surface area contributed by atoms with E-state index >= 15 is 0 Å². The number of aliphatic hydroxyl groups excluding tert-OH is 1. The molecule has 0 unspecified atom stereocenters. The summed E-state index contributed by atoms with van der Waals surface area (Å²) in [6.45, 7) is 4.58. The van der Waals surface area contributed by atoms with Crippen molar-refractivity contribution in [3.63, 3.8) is 0 Å².